The Bertz CT molecular complexity index is 781. The molecule has 0 saturated heterocycles. The highest BCUT2D eigenvalue weighted by atomic mass is 16.6. The van der Waals surface area contributed by atoms with Crippen molar-refractivity contribution in [3.8, 4) is 11.5 Å². The van der Waals surface area contributed by atoms with Crippen LogP contribution in [0.3, 0.4) is 0 Å². The van der Waals surface area contributed by atoms with Gasteiger partial charge in [0.1, 0.15) is 25.4 Å². The van der Waals surface area contributed by atoms with E-state index in [0.717, 1.165) is 5.56 Å². The molecule has 2 amide bonds. The van der Waals surface area contributed by atoms with E-state index >= 15 is 0 Å². The van der Waals surface area contributed by atoms with Gasteiger partial charge >= 0.3 is 6.09 Å². The third-order valence-corrected chi connectivity index (χ3v) is 4.01. The lowest BCUT2D eigenvalue weighted by Gasteiger charge is -2.27. The molecule has 0 aliphatic carbocycles. The molecule has 142 valence electrons. The number of carbonyl (C=O) groups excluding carboxylic acids is 2. The van der Waals surface area contributed by atoms with Gasteiger partial charge in [-0.2, -0.15) is 0 Å². The Morgan fingerprint density at radius 1 is 1.11 bits per heavy atom. The van der Waals surface area contributed by atoms with Gasteiger partial charge in [-0.15, -0.1) is 0 Å². The molecule has 7 heteroatoms. The van der Waals surface area contributed by atoms with Crippen molar-refractivity contribution in [3.63, 3.8) is 0 Å². The maximum atomic E-state index is 12.2. The van der Waals surface area contributed by atoms with Crippen LogP contribution in [-0.2, 0) is 16.1 Å². The van der Waals surface area contributed by atoms with E-state index in [4.69, 9.17) is 14.2 Å². The molecule has 27 heavy (non-hydrogen) atoms. The normalized spacial score (nSPS) is 16.1. The number of rotatable bonds is 6. The molecule has 2 atom stereocenters. The Balaban J connectivity index is 1.38. The van der Waals surface area contributed by atoms with Crippen molar-refractivity contribution in [1.29, 1.82) is 0 Å². The van der Waals surface area contributed by atoms with E-state index in [2.05, 4.69) is 10.6 Å². The van der Waals surface area contributed by atoms with E-state index in [1.54, 1.807) is 6.92 Å². The molecule has 2 aromatic carbocycles. The van der Waals surface area contributed by atoms with Crippen LogP contribution in [0.25, 0.3) is 0 Å². The van der Waals surface area contributed by atoms with E-state index < -0.39 is 12.1 Å². The number of hydrogen-bond donors (Lipinski definition) is 2. The highest BCUT2D eigenvalue weighted by Crippen LogP contribution is 2.30. The SMILES string of the molecule is C[C@@H](NC(=O)OCc1ccccc1)C(=O)NC[C@@H]1COc2ccccc2O1. The number of nitrogens with one attached hydrogen (secondary N) is 2. The second-order valence-corrected chi connectivity index (χ2v) is 6.17. The Morgan fingerprint density at radius 2 is 1.81 bits per heavy atom. The molecule has 2 aromatic rings. The predicted molar refractivity (Wildman–Crippen MR) is 98.6 cm³/mol. The summed E-state index contributed by atoms with van der Waals surface area (Å²) in [5.41, 5.74) is 0.875. The molecule has 1 aliphatic heterocycles. The molecule has 0 unspecified atom stereocenters. The molecule has 0 aromatic heterocycles. The Hall–Kier alpha value is -3.22. The third-order valence-electron chi connectivity index (χ3n) is 4.01. The number of hydrogen-bond acceptors (Lipinski definition) is 5. The van der Waals surface area contributed by atoms with Gasteiger partial charge in [-0.25, -0.2) is 4.79 Å². The van der Waals surface area contributed by atoms with Crippen LogP contribution in [0.5, 0.6) is 11.5 Å². The first kappa shape index (κ1) is 18.6. The van der Waals surface area contributed by atoms with Crippen LogP contribution in [0.2, 0.25) is 0 Å². The van der Waals surface area contributed by atoms with Gasteiger partial charge in [0, 0.05) is 0 Å². The van der Waals surface area contributed by atoms with Crippen LogP contribution in [0, 0.1) is 0 Å². The first-order valence-corrected chi connectivity index (χ1v) is 8.75. The monoisotopic (exact) mass is 370 g/mol. The van der Waals surface area contributed by atoms with Crippen molar-refractivity contribution in [2.45, 2.75) is 25.7 Å². The first-order valence-electron chi connectivity index (χ1n) is 8.75. The Morgan fingerprint density at radius 3 is 2.59 bits per heavy atom. The summed E-state index contributed by atoms with van der Waals surface area (Å²) in [6, 6.07) is 16.0. The second kappa shape index (κ2) is 8.93. The fourth-order valence-corrected chi connectivity index (χ4v) is 2.54. The quantitative estimate of drug-likeness (QED) is 0.815. The van der Waals surface area contributed by atoms with Crippen molar-refractivity contribution in [2.75, 3.05) is 13.2 Å². The molecule has 0 spiro atoms. The summed E-state index contributed by atoms with van der Waals surface area (Å²) in [4.78, 5) is 24.0. The maximum Gasteiger partial charge on any atom is 0.408 e. The number of ether oxygens (including phenoxy) is 3. The predicted octanol–water partition coefficient (Wildman–Crippen LogP) is 2.26. The Kier molecular flexibility index (Phi) is 6.14. The number of carbonyl (C=O) groups is 2. The average Bonchev–Trinajstić information content (AvgIpc) is 2.71. The van der Waals surface area contributed by atoms with Crippen molar-refractivity contribution in [1.82, 2.24) is 10.6 Å². The van der Waals surface area contributed by atoms with Crippen LogP contribution >= 0.6 is 0 Å². The van der Waals surface area contributed by atoms with Gasteiger partial charge in [0.25, 0.3) is 0 Å². The van der Waals surface area contributed by atoms with E-state index in [-0.39, 0.29) is 25.2 Å². The zero-order valence-electron chi connectivity index (χ0n) is 15.0. The Labute approximate surface area is 157 Å². The smallest absolute Gasteiger partial charge is 0.408 e. The van der Waals surface area contributed by atoms with Gasteiger partial charge < -0.3 is 24.8 Å². The number of amides is 2. The van der Waals surface area contributed by atoms with Crippen LogP contribution in [0.1, 0.15) is 12.5 Å². The minimum absolute atomic E-state index is 0.147. The highest BCUT2D eigenvalue weighted by molar-refractivity contribution is 5.85. The lowest BCUT2D eigenvalue weighted by molar-refractivity contribution is -0.123. The van der Waals surface area contributed by atoms with Gasteiger partial charge in [0.05, 0.1) is 6.54 Å². The lowest BCUT2D eigenvalue weighted by atomic mass is 10.2. The fourth-order valence-electron chi connectivity index (χ4n) is 2.54. The van der Waals surface area contributed by atoms with Crippen molar-refractivity contribution >= 4 is 12.0 Å². The molecule has 1 aliphatic rings. The fraction of sp³-hybridized carbons (Fsp3) is 0.300. The number of benzene rings is 2. The number of fused-ring (bicyclic) bond motifs is 1. The first-order chi connectivity index (χ1) is 13.1. The number of alkyl carbamates (subject to hydrolysis) is 1. The van der Waals surface area contributed by atoms with E-state index in [0.29, 0.717) is 18.1 Å². The van der Waals surface area contributed by atoms with Crippen molar-refractivity contribution in [2.24, 2.45) is 0 Å². The van der Waals surface area contributed by atoms with Gasteiger partial charge in [-0.05, 0) is 24.6 Å². The molecular weight excluding hydrogens is 348 g/mol. The highest BCUT2D eigenvalue weighted by Gasteiger charge is 2.23. The summed E-state index contributed by atoms with van der Waals surface area (Å²) in [7, 11) is 0. The molecule has 7 nitrogen and oxygen atoms in total. The third kappa shape index (κ3) is 5.37. The molecular formula is C20H22N2O5. The zero-order chi connectivity index (χ0) is 19.1. The van der Waals surface area contributed by atoms with Crippen LogP contribution in [-0.4, -0.2) is 37.3 Å². The maximum absolute atomic E-state index is 12.2. The van der Waals surface area contributed by atoms with Gasteiger partial charge in [0.15, 0.2) is 11.5 Å². The minimum Gasteiger partial charge on any atom is -0.486 e. The summed E-state index contributed by atoms with van der Waals surface area (Å²) < 4.78 is 16.5. The minimum atomic E-state index is -0.731. The van der Waals surface area contributed by atoms with Gasteiger partial charge in [-0.1, -0.05) is 42.5 Å². The standard InChI is InChI=1S/C20H22N2O5/c1-14(22-20(24)26-12-15-7-3-2-4-8-15)19(23)21-11-16-13-25-17-9-5-6-10-18(17)27-16/h2-10,14,16H,11-13H2,1H3,(H,21,23)(H,22,24)/t14-,16-/m1/s1. The van der Waals surface area contributed by atoms with Crippen molar-refractivity contribution < 1.29 is 23.8 Å². The summed E-state index contributed by atoms with van der Waals surface area (Å²) in [5.74, 6) is 1.02. The molecule has 3 rings (SSSR count). The second-order valence-electron chi connectivity index (χ2n) is 6.17. The van der Waals surface area contributed by atoms with Crippen LogP contribution in [0.4, 0.5) is 4.79 Å². The van der Waals surface area contributed by atoms with Crippen molar-refractivity contribution in [3.05, 3.63) is 60.2 Å². The molecule has 0 saturated carbocycles. The van der Waals surface area contributed by atoms with Crippen LogP contribution < -0.4 is 20.1 Å². The molecule has 1 heterocycles. The molecule has 2 N–H and O–H groups in total. The van der Waals surface area contributed by atoms with E-state index in [1.807, 2.05) is 54.6 Å². The zero-order valence-corrected chi connectivity index (χ0v) is 15.0. The molecule has 0 bridgehead atoms. The lowest BCUT2D eigenvalue weighted by Crippen LogP contribution is -2.48. The molecule has 0 radical (unpaired) electrons. The summed E-state index contributed by atoms with van der Waals surface area (Å²) >= 11 is 0. The summed E-state index contributed by atoms with van der Waals surface area (Å²) in [5, 5.41) is 5.26. The summed E-state index contributed by atoms with van der Waals surface area (Å²) in [6.45, 7) is 2.36. The number of para-hydroxylation sites is 2. The topological polar surface area (TPSA) is 85.9 Å². The van der Waals surface area contributed by atoms with Crippen LogP contribution in [0.15, 0.2) is 54.6 Å². The molecule has 0 fully saturated rings. The van der Waals surface area contributed by atoms with E-state index in [1.165, 1.54) is 0 Å². The van der Waals surface area contributed by atoms with Gasteiger partial charge in [0.2, 0.25) is 5.91 Å². The summed E-state index contributed by atoms with van der Waals surface area (Å²) in [6.07, 6.45) is -0.936. The van der Waals surface area contributed by atoms with E-state index in [9.17, 15) is 9.59 Å². The largest absolute Gasteiger partial charge is 0.486 e. The average molecular weight is 370 g/mol. The van der Waals surface area contributed by atoms with Gasteiger partial charge in [-0.3, -0.25) is 4.79 Å².